The Bertz CT molecular complexity index is 803. The van der Waals surface area contributed by atoms with Gasteiger partial charge in [-0.25, -0.2) is 4.79 Å². The Kier molecular flexibility index (Phi) is 7.28. The zero-order chi connectivity index (χ0) is 19.9. The second-order valence-corrected chi connectivity index (χ2v) is 8.05. The Morgan fingerprint density at radius 1 is 1.29 bits per heavy atom. The first-order valence-corrected chi connectivity index (χ1v) is 10.7. The lowest BCUT2D eigenvalue weighted by atomic mass is 9.87. The van der Waals surface area contributed by atoms with E-state index in [0.717, 1.165) is 24.8 Å². The minimum atomic E-state index is -0.814. The number of ether oxygens (including phenoxy) is 2. The van der Waals surface area contributed by atoms with E-state index in [2.05, 4.69) is 10.3 Å². The number of hydrogen-bond acceptors (Lipinski definition) is 6. The number of nitrogens with zero attached hydrogens (tertiary/aromatic N) is 1. The Balaban J connectivity index is 1.69. The zero-order valence-corrected chi connectivity index (χ0v) is 17.2. The van der Waals surface area contributed by atoms with Crippen molar-refractivity contribution in [2.75, 3.05) is 11.9 Å². The molecule has 1 aliphatic rings. The molecular weight excluding hydrogens is 400 g/mol. The lowest BCUT2D eigenvalue weighted by Gasteiger charge is -2.20. The van der Waals surface area contributed by atoms with Crippen LogP contribution < -0.4 is 10.1 Å². The van der Waals surface area contributed by atoms with E-state index in [-0.39, 0.29) is 24.3 Å². The molecule has 28 heavy (non-hydrogen) atoms. The monoisotopic (exact) mass is 422 g/mol. The maximum Gasteiger partial charge on any atom is 0.515 e. The summed E-state index contributed by atoms with van der Waals surface area (Å²) >= 11 is 7.20. The van der Waals surface area contributed by atoms with E-state index in [1.807, 2.05) is 12.1 Å². The molecule has 1 aromatic heterocycles. The van der Waals surface area contributed by atoms with E-state index < -0.39 is 6.16 Å². The fourth-order valence-corrected chi connectivity index (χ4v) is 4.20. The first-order chi connectivity index (χ1) is 13.5. The third kappa shape index (κ3) is 5.69. The first-order valence-electron chi connectivity index (χ1n) is 9.41. The molecule has 2 aromatic rings. The molecule has 0 radical (unpaired) electrons. The molecule has 1 aromatic carbocycles. The summed E-state index contributed by atoms with van der Waals surface area (Å²) in [6, 6.07) is 7.42. The third-order valence-corrected chi connectivity index (χ3v) is 5.78. The fraction of sp³-hybridized carbons (Fsp3) is 0.450. The number of aromatic nitrogens is 1. The lowest BCUT2D eigenvalue weighted by molar-refractivity contribution is -0.118. The van der Waals surface area contributed by atoms with Crippen LogP contribution >= 0.6 is 22.9 Å². The number of rotatable bonds is 7. The quantitative estimate of drug-likeness (QED) is 0.584. The summed E-state index contributed by atoms with van der Waals surface area (Å²) < 4.78 is 9.68. The van der Waals surface area contributed by atoms with Crippen LogP contribution in [0.5, 0.6) is 5.88 Å². The second kappa shape index (κ2) is 9.89. The van der Waals surface area contributed by atoms with Crippen molar-refractivity contribution >= 4 is 40.1 Å². The summed E-state index contributed by atoms with van der Waals surface area (Å²) in [5, 5.41) is 5.44. The molecule has 1 aliphatic carbocycles. The van der Waals surface area contributed by atoms with Gasteiger partial charge in [0.05, 0.1) is 17.9 Å². The summed E-state index contributed by atoms with van der Waals surface area (Å²) in [5.41, 5.74) is 0.938. The number of thiazole rings is 1. The number of benzene rings is 1. The van der Waals surface area contributed by atoms with Crippen LogP contribution in [0.2, 0.25) is 5.02 Å². The van der Waals surface area contributed by atoms with Gasteiger partial charge in [0, 0.05) is 5.02 Å². The number of hydrogen-bond donors (Lipinski definition) is 1. The van der Waals surface area contributed by atoms with Crippen molar-refractivity contribution in [2.45, 2.75) is 44.9 Å². The number of anilines is 1. The van der Waals surface area contributed by atoms with Gasteiger partial charge in [0.15, 0.2) is 5.13 Å². The highest BCUT2D eigenvalue weighted by molar-refractivity contribution is 7.14. The predicted octanol–water partition coefficient (Wildman–Crippen LogP) is 5.63. The molecule has 150 valence electrons. The molecule has 8 heteroatoms. The Hall–Kier alpha value is -2.12. The van der Waals surface area contributed by atoms with Crippen molar-refractivity contribution in [1.29, 1.82) is 0 Å². The van der Waals surface area contributed by atoms with Crippen molar-refractivity contribution in [2.24, 2.45) is 5.92 Å². The lowest BCUT2D eigenvalue weighted by Crippen LogP contribution is -2.23. The molecular formula is C20H23ClN2O4S. The summed E-state index contributed by atoms with van der Waals surface area (Å²) in [6.45, 7) is 1.91. The molecule has 0 bridgehead atoms. The average molecular weight is 423 g/mol. The Labute approximate surface area is 173 Å². The van der Waals surface area contributed by atoms with Crippen molar-refractivity contribution < 1.29 is 19.1 Å². The third-order valence-electron chi connectivity index (χ3n) is 4.80. The van der Waals surface area contributed by atoms with Crippen LogP contribution in [0.15, 0.2) is 29.6 Å². The van der Waals surface area contributed by atoms with Crippen molar-refractivity contribution in [3.8, 4) is 5.88 Å². The highest BCUT2D eigenvalue weighted by Crippen LogP contribution is 2.35. The summed E-state index contributed by atoms with van der Waals surface area (Å²) in [7, 11) is 0. The van der Waals surface area contributed by atoms with E-state index in [0.29, 0.717) is 16.1 Å². The SMILES string of the molecule is CCOC(=O)Oc1csc(NC(=O)C(CC2CCCC2)c2ccc(Cl)cc2)n1. The largest absolute Gasteiger partial charge is 0.515 e. The molecule has 6 nitrogen and oxygen atoms in total. The molecule has 0 spiro atoms. The highest BCUT2D eigenvalue weighted by Gasteiger charge is 2.27. The smallest absolute Gasteiger partial charge is 0.434 e. The molecule has 3 rings (SSSR count). The van der Waals surface area contributed by atoms with Crippen LogP contribution in [0.3, 0.4) is 0 Å². The van der Waals surface area contributed by atoms with E-state index in [1.165, 1.54) is 24.2 Å². The van der Waals surface area contributed by atoms with E-state index in [1.54, 1.807) is 24.4 Å². The van der Waals surface area contributed by atoms with Crippen LogP contribution in [0.1, 0.15) is 50.5 Å². The van der Waals surface area contributed by atoms with Gasteiger partial charge in [0.2, 0.25) is 11.8 Å². The molecule has 1 amide bonds. The van der Waals surface area contributed by atoms with Gasteiger partial charge in [-0.2, -0.15) is 4.98 Å². The molecule has 0 aliphatic heterocycles. The second-order valence-electron chi connectivity index (χ2n) is 6.76. The average Bonchev–Trinajstić information content (AvgIpc) is 3.33. The Morgan fingerprint density at radius 2 is 2.00 bits per heavy atom. The normalized spacial score (nSPS) is 15.2. The predicted molar refractivity (Wildman–Crippen MR) is 109 cm³/mol. The van der Waals surface area contributed by atoms with Gasteiger partial charge in [0.1, 0.15) is 0 Å². The van der Waals surface area contributed by atoms with Gasteiger partial charge in [0.25, 0.3) is 0 Å². The van der Waals surface area contributed by atoms with Gasteiger partial charge in [-0.15, -0.1) is 11.3 Å². The van der Waals surface area contributed by atoms with Crippen LogP contribution in [-0.4, -0.2) is 23.7 Å². The maximum atomic E-state index is 13.0. The number of carbonyl (C=O) groups is 2. The van der Waals surface area contributed by atoms with Gasteiger partial charge in [-0.3, -0.25) is 4.79 Å². The number of nitrogens with one attached hydrogen (secondary N) is 1. The molecule has 1 saturated carbocycles. The van der Waals surface area contributed by atoms with Gasteiger partial charge < -0.3 is 14.8 Å². The van der Waals surface area contributed by atoms with Crippen molar-refractivity contribution in [3.63, 3.8) is 0 Å². The van der Waals surface area contributed by atoms with Crippen LogP contribution in [-0.2, 0) is 9.53 Å². The number of halogens is 1. The molecule has 1 N–H and O–H groups in total. The summed E-state index contributed by atoms with van der Waals surface area (Å²) in [6.07, 6.45) is 4.75. The topological polar surface area (TPSA) is 77.5 Å². The zero-order valence-electron chi connectivity index (χ0n) is 15.7. The molecule has 1 atom stereocenters. The summed E-state index contributed by atoms with van der Waals surface area (Å²) in [4.78, 5) is 28.5. The van der Waals surface area contributed by atoms with Crippen molar-refractivity contribution in [1.82, 2.24) is 4.98 Å². The van der Waals surface area contributed by atoms with E-state index >= 15 is 0 Å². The van der Waals surface area contributed by atoms with Gasteiger partial charge >= 0.3 is 6.16 Å². The van der Waals surface area contributed by atoms with Gasteiger partial charge in [-0.05, 0) is 37.0 Å². The minimum Gasteiger partial charge on any atom is -0.434 e. The molecule has 1 fully saturated rings. The fourth-order valence-electron chi connectivity index (χ4n) is 3.46. The number of amides is 1. The van der Waals surface area contributed by atoms with Crippen LogP contribution in [0.4, 0.5) is 9.93 Å². The van der Waals surface area contributed by atoms with Crippen molar-refractivity contribution in [3.05, 3.63) is 40.2 Å². The summed E-state index contributed by atoms with van der Waals surface area (Å²) in [5.74, 6) is 0.257. The van der Waals surface area contributed by atoms with E-state index in [4.69, 9.17) is 21.1 Å². The Morgan fingerprint density at radius 3 is 2.68 bits per heavy atom. The standard InChI is InChI=1S/C20H23ClN2O4S/c1-2-26-20(25)27-17-12-28-19(22-17)23-18(24)16(11-13-5-3-4-6-13)14-7-9-15(21)10-8-14/h7-10,12-13,16H,2-6,11H2,1H3,(H,22,23,24). The highest BCUT2D eigenvalue weighted by atomic mass is 35.5. The van der Waals surface area contributed by atoms with Crippen LogP contribution in [0, 0.1) is 5.92 Å². The minimum absolute atomic E-state index is 0.109. The number of carbonyl (C=O) groups excluding carboxylic acids is 2. The van der Waals surface area contributed by atoms with E-state index in [9.17, 15) is 9.59 Å². The maximum absolute atomic E-state index is 13.0. The molecule has 1 heterocycles. The molecule has 1 unspecified atom stereocenters. The first kappa shape index (κ1) is 20.6. The van der Waals surface area contributed by atoms with Gasteiger partial charge in [-0.1, -0.05) is 49.4 Å². The molecule has 0 saturated heterocycles. The van der Waals surface area contributed by atoms with Crippen LogP contribution in [0.25, 0.3) is 0 Å².